The second kappa shape index (κ2) is 3.09. The molecule has 0 unspecified atom stereocenters. The first-order valence-corrected chi connectivity index (χ1v) is 5.34. The van der Waals surface area contributed by atoms with Crippen molar-refractivity contribution < 1.29 is 5.11 Å². The van der Waals surface area contributed by atoms with Gasteiger partial charge >= 0.3 is 0 Å². The largest absolute Gasteiger partial charge is 0.389 e. The van der Waals surface area contributed by atoms with Gasteiger partial charge in [0.05, 0.1) is 5.60 Å². The maximum Gasteiger partial charge on any atom is 0.0713 e. The molecule has 0 bridgehead atoms. The Hall–Kier alpha value is -0.820. The number of aliphatic hydroxyl groups is 1. The Balaban J connectivity index is 2.42. The molecule has 0 aliphatic heterocycles. The average molecular weight is 190 g/mol. The minimum absolute atomic E-state index is 0.0613. The van der Waals surface area contributed by atoms with Crippen LogP contribution in [0.2, 0.25) is 0 Å². The van der Waals surface area contributed by atoms with Crippen molar-refractivity contribution in [2.75, 3.05) is 0 Å². The second-order valence-electron chi connectivity index (χ2n) is 4.83. The SMILES string of the molecule is C[C@@]1(O)CCC[C@]1(C)c1ccccc1. The van der Waals surface area contributed by atoms with Gasteiger partial charge in [0.25, 0.3) is 0 Å². The van der Waals surface area contributed by atoms with E-state index < -0.39 is 5.60 Å². The third kappa shape index (κ3) is 1.27. The zero-order valence-corrected chi connectivity index (χ0v) is 8.96. The van der Waals surface area contributed by atoms with Gasteiger partial charge in [0.1, 0.15) is 0 Å². The van der Waals surface area contributed by atoms with Crippen LogP contribution < -0.4 is 0 Å². The van der Waals surface area contributed by atoms with Crippen molar-refractivity contribution in [2.45, 2.75) is 44.1 Å². The van der Waals surface area contributed by atoms with Crippen molar-refractivity contribution in [3.8, 4) is 0 Å². The van der Waals surface area contributed by atoms with E-state index in [-0.39, 0.29) is 5.41 Å². The molecule has 0 heterocycles. The fraction of sp³-hybridized carbons (Fsp3) is 0.538. The minimum Gasteiger partial charge on any atom is -0.389 e. The lowest BCUT2D eigenvalue weighted by molar-refractivity contribution is 0.00691. The molecular formula is C13H18O. The Labute approximate surface area is 85.8 Å². The molecule has 1 nitrogen and oxygen atoms in total. The van der Waals surface area contributed by atoms with Crippen LogP contribution in [0.25, 0.3) is 0 Å². The van der Waals surface area contributed by atoms with Crippen molar-refractivity contribution in [1.82, 2.24) is 0 Å². The summed E-state index contributed by atoms with van der Waals surface area (Å²) in [6.07, 6.45) is 3.13. The van der Waals surface area contributed by atoms with Crippen molar-refractivity contribution in [2.24, 2.45) is 0 Å². The molecule has 1 N–H and O–H groups in total. The molecule has 1 saturated carbocycles. The Morgan fingerprint density at radius 3 is 2.21 bits per heavy atom. The molecule has 1 aromatic rings. The van der Waals surface area contributed by atoms with E-state index in [9.17, 15) is 5.11 Å². The van der Waals surface area contributed by atoms with Gasteiger partial charge in [0, 0.05) is 5.41 Å². The fourth-order valence-electron chi connectivity index (χ4n) is 2.59. The van der Waals surface area contributed by atoms with Crippen LogP contribution in [0.5, 0.6) is 0 Å². The molecule has 1 aliphatic rings. The van der Waals surface area contributed by atoms with E-state index in [4.69, 9.17) is 0 Å². The Kier molecular flexibility index (Phi) is 2.15. The van der Waals surface area contributed by atoms with Gasteiger partial charge in [0.15, 0.2) is 0 Å². The average Bonchev–Trinajstić information content (AvgIpc) is 2.44. The summed E-state index contributed by atoms with van der Waals surface area (Å²) >= 11 is 0. The van der Waals surface area contributed by atoms with E-state index in [0.29, 0.717) is 0 Å². The first kappa shape index (κ1) is 9.72. The van der Waals surface area contributed by atoms with Crippen molar-refractivity contribution in [1.29, 1.82) is 0 Å². The van der Waals surface area contributed by atoms with Gasteiger partial charge in [-0.3, -0.25) is 0 Å². The Morgan fingerprint density at radius 2 is 1.71 bits per heavy atom. The van der Waals surface area contributed by atoms with Crippen LogP contribution in [0.4, 0.5) is 0 Å². The first-order valence-electron chi connectivity index (χ1n) is 5.34. The van der Waals surface area contributed by atoms with Gasteiger partial charge < -0.3 is 5.11 Å². The minimum atomic E-state index is -0.547. The molecule has 1 aromatic carbocycles. The summed E-state index contributed by atoms with van der Waals surface area (Å²) in [6.45, 7) is 4.14. The van der Waals surface area contributed by atoms with Crippen molar-refractivity contribution in [3.05, 3.63) is 35.9 Å². The predicted octanol–water partition coefficient (Wildman–Crippen LogP) is 2.88. The molecule has 0 aromatic heterocycles. The highest BCUT2D eigenvalue weighted by Gasteiger charge is 2.48. The standard InChI is InChI=1S/C13H18O/c1-12(9-6-10-13(12,2)14)11-7-4-3-5-8-11/h3-5,7-8,14H,6,9-10H2,1-2H3/t12-,13-/m1/s1. The summed E-state index contributed by atoms with van der Waals surface area (Å²) in [5.41, 5.74) is 0.658. The molecule has 0 amide bonds. The fourth-order valence-corrected chi connectivity index (χ4v) is 2.59. The number of rotatable bonds is 1. The maximum absolute atomic E-state index is 10.4. The summed E-state index contributed by atoms with van der Waals surface area (Å²) in [6, 6.07) is 10.4. The van der Waals surface area contributed by atoms with Gasteiger partial charge in [-0.2, -0.15) is 0 Å². The third-order valence-corrected chi connectivity index (χ3v) is 3.94. The lowest BCUT2D eigenvalue weighted by atomic mass is 9.72. The van der Waals surface area contributed by atoms with E-state index in [1.807, 2.05) is 13.0 Å². The molecule has 2 rings (SSSR count). The molecular weight excluding hydrogens is 172 g/mol. The van der Waals surface area contributed by atoms with Crippen LogP contribution in [0.15, 0.2) is 30.3 Å². The van der Waals surface area contributed by atoms with Gasteiger partial charge in [-0.15, -0.1) is 0 Å². The lowest BCUT2D eigenvalue weighted by Gasteiger charge is -2.37. The van der Waals surface area contributed by atoms with Crippen molar-refractivity contribution >= 4 is 0 Å². The first-order chi connectivity index (χ1) is 6.56. The Morgan fingerprint density at radius 1 is 1.07 bits per heavy atom. The quantitative estimate of drug-likeness (QED) is 0.722. The number of hydrogen-bond acceptors (Lipinski definition) is 1. The van der Waals surface area contributed by atoms with Gasteiger partial charge in [0.2, 0.25) is 0 Å². The smallest absolute Gasteiger partial charge is 0.0713 e. The predicted molar refractivity (Wildman–Crippen MR) is 58.3 cm³/mol. The van der Waals surface area contributed by atoms with Crippen molar-refractivity contribution in [3.63, 3.8) is 0 Å². The highest BCUT2D eigenvalue weighted by Crippen LogP contribution is 2.47. The molecule has 2 atom stereocenters. The Bertz CT molecular complexity index is 315. The van der Waals surface area contributed by atoms with E-state index in [2.05, 4.69) is 31.2 Å². The van der Waals surface area contributed by atoms with Crippen LogP contribution in [-0.4, -0.2) is 10.7 Å². The van der Waals surface area contributed by atoms with E-state index in [0.717, 1.165) is 19.3 Å². The molecule has 0 radical (unpaired) electrons. The summed E-state index contributed by atoms with van der Waals surface area (Å²) in [7, 11) is 0. The number of hydrogen-bond donors (Lipinski definition) is 1. The maximum atomic E-state index is 10.4. The third-order valence-electron chi connectivity index (χ3n) is 3.94. The van der Waals surface area contributed by atoms with Crippen LogP contribution in [0.1, 0.15) is 38.7 Å². The van der Waals surface area contributed by atoms with Crippen LogP contribution in [0.3, 0.4) is 0 Å². The van der Waals surface area contributed by atoms with Crippen LogP contribution >= 0.6 is 0 Å². The van der Waals surface area contributed by atoms with Gasteiger partial charge in [-0.05, 0) is 31.7 Å². The van der Waals surface area contributed by atoms with Gasteiger partial charge in [-0.25, -0.2) is 0 Å². The topological polar surface area (TPSA) is 20.2 Å². The van der Waals surface area contributed by atoms with E-state index >= 15 is 0 Å². The number of benzene rings is 1. The van der Waals surface area contributed by atoms with E-state index in [1.165, 1.54) is 5.56 Å². The highest BCUT2D eigenvalue weighted by atomic mass is 16.3. The van der Waals surface area contributed by atoms with Gasteiger partial charge in [-0.1, -0.05) is 37.3 Å². The summed E-state index contributed by atoms with van der Waals surface area (Å²) in [5, 5.41) is 10.4. The van der Waals surface area contributed by atoms with Crippen LogP contribution in [-0.2, 0) is 5.41 Å². The molecule has 14 heavy (non-hydrogen) atoms. The summed E-state index contributed by atoms with van der Waals surface area (Å²) in [5.74, 6) is 0. The molecule has 1 heteroatoms. The second-order valence-corrected chi connectivity index (χ2v) is 4.83. The molecule has 1 fully saturated rings. The monoisotopic (exact) mass is 190 g/mol. The van der Waals surface area contributed by atoms with E-state index in [1.54, 1.807) is 0 Å². The molecule has 76 valence electrons. The molecule has 0 saturated heterocycles. The summed E-state index contributed by atoms with van der Waals surface area (Å²) < 4.78 is 0. The zero-order chi connectivity index (χ0) is 10.2. The zero-order valence-electron chi connectivity index (χ0n) is 8.96. The normalized spacial score (nSPS) is 37.4. The molecule has 0 spiro atoms. The molecule has 1 aliphatic carbocycles. The lowest BCUT2D eigenvalue weighted by Crippen LogP contribution is -2.42. The highest BCUT2D eigenvalue weighted by molar-refractivity contribution is 5.30. The van der Waals surface area contributed by atoms with Crippen LogP contribution in [0, 0.1) is 0 Å². The summed E-state index contributed by atoms with van der Waals surface area (Å²) in [4.78, 5) is 0.